The van der Waals surface area contributed by atoms with Gasteiger partial charge in [0.05, 0.1) is 6.61 Å². The summed E-state index contributed by atoms with van der Waals surface area (Å²) in [7, 11) is 0. The number of esters is 1. The maximum absolute atomic E-state index is 10.9. The minimum Gasteiger partial charge on any atom is -0.456 e. The topological polar surface area (TPSA) is 38.3 Å². The highest BCUT2D eigenvalue weighted by Crippen LogP contribution is 2.07. The molecule has 0 spiro atoms. The Morgan fingerprint density at radius 2 is 2.54 bits per heavy atom. The molecule has 0 aliphatic carbocycles. The number of carbonyl (C=O) groups is 1. The van der Waals surface area contributed by atoms with E-state index in [9.17, 15) is 4.79 Å². The van der Waals surface area contributed by atoms with E-state index in [1.54, 1.807) is 6.92 Å². The van der Waals surface area contributed by atoms with Crippen molar-refractivity contribution < 1.29 is 9.53 Å². The second-order valence-electron chi connectivity index (χ2n) is 3.03. The summed E-state index contributed by atoms with van der Waals surface area (Å²) in [4.78, 5) is 10.9. The van der Waals surface area contributed by atoms with Crippen LogP contribution in [0.15, 0.2) is 0 Å². The molecule has 1 N–H and O–H groups in total. The first-order valence-electron chi connectivity index (χ1n) is 4.72. The van der Waals surface area contributed by atoms with Crippen LogP contribution < -0.4 is 5.32 Å². The summed E-state index contributed by atoms with van der Waals surface area (Å²) >= 11 is 0. The van der Waals surface area contributed by atoms with Gasteiger partial charge in [-0.2, -0.15) is 0 Å². The van der Waals surface area contributed by atoms with E-state index in [0.717, 1.165) is 25.9 Å². The van der Waals surface area contributed by atoms with Gasteiger partial charge in [0.25, 0.3) is 0 Å². The lowest BCUT2D eigenvalue weighted by atomic mass is 10.0. The highest BCUT2D eigenvalue weighted by molar-refractivity contribution is 5.88. The van der Waals surface area contributed by atoms with Gasteiger partial charge >= 0.3 is 5.97 Å². The molecule has 0 saturated carbocycles. The van der Waals surface area contributed by atoms with Gasteiger partial charge in [-0.15, -0.1) is 0 Å². The van der Waals surface area contributed by atoms with E-state index in [0.29, 0.717) is 12.5 Å². The van der Waals surface area contributed by atoms with Crippen LogP contribution in [0.2, 0.25) is 0 Å². The van der Waals surface area contributed by atoms with Crippen molar-refractivity contribution in [3.8, 4) is 11.8 Å². The molecule has 72 valence electrons. The summed E-state index contributed by atoms with van der Waals surface area (Å²) in [6.07, 6.45) is 2.22. The third-order valence-electron chi connectivity index (χ3n) is 1.95. The molecule has 3 heteroatoms. The quantitative estimate of drug-likeness (QED) is 0.365. The number of carbonyl (C=O) groups excluding carboxylic acids is 1. The molecule has 13 heavy (non-hydrogen) atoms. The number of nitrogens with one attached hydrogen (secondary N) is 1. The molecule has 1 aliphatic heterocycles. The Hall–Kier alpha value is -1.01. The second kappa shape index (κ2) is 5.60. The first-order valence-corrected chi connectivity index (χ1v) is 4.72. The van der Waals surface area contributed by atoms with Crippen molar-refractivity contribution in [2.24, 2.45) is 5.92 Å². The summed E-state index contributed by atoms with van der Waals surface area (Å²) in [5.41, 5.74) is 0. The molecular weight excluding hydrogens is 166 g/mol. The van der Waals surface area contributed by atoms with E-state index in [-0.39, 0.29) is 0 Å². The third-order valence-corrected chi connectivity index (χ3v) is 1.95. The van der Waals surface area contributed by atoms with E-state index in [2.05, 4.69) is 17.2 Å². The van der Waals surface area contributed by atoms with Crippen LogP contribution in [0.1, 0.15) is 19.8 Å². The molecule has 1 rings (SSSR count). The smallest absolute Gasteiger partial charge is 0.384 e. The first-order chi connectivity index (χ1) is 6.33. The maximum Gasteiger partial charge on any atom is 0.384 e. The number of rotatable bonds is 1. The number of hydrogen-bond acceptors (Lipinski definition) is 3. The summed E-state index contributed by atoms with van der Waals surface area (Å²) < 4.78 is 4.70. The number of piperidine rings is 1. The highest BCUT2D eigenvalue weighted by atomic mass is 16.5. The number of hydrogen-bond donors (Lipinski definition) is 1. The van der Waals surface area contributed by atoms with Gasteiger partial charge in [-0.3, -0.25) is 0 Å². The maximum atomic E-state index is 10.9. The van der Waals surface area contributed by atoms with Gasteiger partial charge in [-0.1, -0.05) is 5.92 Å². The molecule has 0 bridgehead atoms. The molecule has 1 saturated heterocycles. The van der Waals surface area contributed by atoms with E-state index < -0.39 is 5.97 Å². The molecule has 1 aliphatic rings. The van der Waals surface area contributed by atoms with Crippen LogP contribution in [-0.2, 0) is 9.53 Å². The van der Waals surface area contributed by atoms with Crippen LogP contribution in [0.25, 0.3) is 0 Å². The molecule has 0 aromatic rings. The third kappa shape index (κ3) is 3.95. The summed E-state index contributed by atoms with van der Waals surface area (Å²) in [6.45, 7) is 4.14. The Morgan fingerprint density at radius 1 is 1.69 bits per heavy atom. The first kappa shape index (κ1) is 10.1. The Balaban J connectivity index is 2.31. The minimum absolute atomic E-state index is 0.318. The van der Waals surface area contributed by atoms with Crippen LogP contribution in [0.4, 0.5) is 0 Å². The number of ether oxygens (including phenoxy) is 1. The average Bonchev–Trinajstić information content (AvgIpc) is 2.17. The Kier molecular flexibility index (Phi) is 4.34. The fourth-order valence-corrected chi connectivity index (χ4v) is 1.30. The molecule has 0 aromatic heterocycles. The second-order valence-corrected chi connectivity index (χ2v) is 3.03. The molecule has 1 fully saturated rings. The fourth-order valence-electron chi connectivity index (χ4n) is 1.30. The summed E-state index contributed by atoms with van der Waals surface area (Å²) in [5.74, 6) is 5.33. The van der Waals surface area contributed by atoms with Gasteiger partial charge in [0.1, 0.15) is 0 Å². The zero-order valence-electron chi connectivity index (χ0n) is 7.93. The standard InChI is InChI=1S/C10H15NO2/c1-2-13-10(12)6-5-9-4-3-7-11-8-9/h9,11H,2-4,7-8H2,1H3. The fraction of sp³-hybridized carbons (Fsp3) is 0.700. The monoisotopic (exact) mass is 181 g/mol. The van der Waals surface area contributed by atoms with Gasteiger partial charge in [-0.05, 0) is 26.3 Å². The van der Waals surface area contributed by atoms with Crippen molar-refractivity contribution in [3.05, 3.63) is 0 Å². The molecule has 1 unspecified atom stereocenters. The largest absolute Gasteiger partial charge is 0.456 e. The minimum atomic E-state index is -0.409. The zero-order chi connectivity index (χ0) is 9.52. The van der Waals surface area contributed by atoms with Crippen molar-refractivity contribution >= 4 is 5.97 Å². The van der Waals surface area contributed by atoms with Crippen LogP contribution in [0.3, 0.4) is 0 Å². The Labute approximate surface area is 78.8 Å². The van der Waals surface area contributed by atoms with Crippen LogP contribution in [0.5, 0.6) is 0 Å². The predicted molar refractivity (Wildman–Crippen MR) is 50.0 cm³/mol. The average molecular weight is 181 g/mol. The zero-order valence-corrected chi connectivity index (χ0v) is 7.93. The van der Waals surface area contributed by atoms with E-state index in [1.807, 2.05) is 0 Å². The normalized spacial score (nSPS) is 21.5. The lowest BCUT2D eigenvalue weighted by Gasteiger charge is -2.17. The van der Waals surface area contributed by atoms with Gasteiger partial charge in [0.2, 0.25) is 0 Å². The van der Waals surface area contributed by atoms with Crippen LogP contribution in [-0.4, -0.2) is 25.7 Å². The SMILES string of the molecule is CCOC(=O)C#CC1CCCNC1. The lowest BCUT2D eigenvalue weighted by Crippen LogP contribution is -2.28. The van der Waals surface area contributed by atoms with Crippen molar-refractivity contribution in [1.29, 1.82) is 0 Å². The van der Waals surface area contributed by atoms with Crippen LogP contribution >= 0.6 is 0 Å². The van der Waals surface area contributed by atoms with Gasteiger partial charge < -0.3 is 10.1 Å². The van der Waals surface area contributed by atoms with E-state index >= 15 is 0 Å². The van der Waals surface area contributed by atoms with E-state index in [4.69, 9.17) is 4.74 Å². The molecule has 0 radical (unpaired) electrons. The summed E-state index contributed by atoms with van der Waals surface area (Å²) in [5, 5.41) is 3.24. The van der Waals surface area contributed by atoms with Crippen molar-refractivity contribution in [3.63, 3.8) is 0 Å². The van der Waals surface area contributed by atoms with Crippen molar-refractivity contribution in [1.82, 2.24) is 5.32 Å². The summed E-state index contributed by atoms with van der Waals surface area (Å²) in [6, 6.07) is 0. The van der Waals surface area contributed by atoms with Crippen molar-refractivity contribution in [2.75, 3.05) is 19.7 Å². The molecule has 0 aromatic carbocycles. The molecule has 0 amide bonds. The molecule has 1 atom stereocenters. The predicted octanol–water partition coefficient (Wildman–Crippen LogP) is 0.552. The highest BCUT2D eigenvalue weighted by Gasteiger charge is 2.09. The molecular formula is C10H15NO2. The van der Waals surface area contributed by atoms with Gasteiger partial charge in [0, 0.05) is 18.4 Å². The molecule has 3 nitrogen and oxygen atoms in total. The van der Waals surface area contributed by atoms with Crippen LogP contribution in [0, 0.1) is 17.8 Å². The van der Waals surface area contributed by atoms with Crippen molar-refractivity contribution in [2.45, 2.75) is 19.8 Å². The Bertz CT molecular complexity index is 221. The van der Waals surface area contributed by atoms with Gasteiger partial charge in [-0.25, -0.2) is 4.79 Å². The van der Waals surface area contributed by atoms with Gasteiger partial charge in [0.15, 0.2) is 0 Å². The molecule has 1 heterocycles. The lowest BCUT2D eigenvalue weighted by molar-refractivity contribution is -0.136. The van der Waals surface area contributed by atoms with E-state index in [1.165, 1.54) is 0 Å². The Morgan fingerprint density at radius 3 is 3.15 bits per heavy atom.